The van der Waals surface area contributed by atoms with Crippen LogP contribution in [-0.2, 0) is 6.32 Å². The Kier molecular flexibility index (Phi) is 2.85. The fourth-order valence-electron chi connectivity index (χ4n) is 0.989. The molecule has 4 heteroatoms. The lowest BCUT2D eigenvalue weighted by molar-refractivity contribution is -0.384. The molecule has 0 N–H and O–H groups in total. The van der Waals surface area contributed by atoms with Crippen LogP contribution in [-0.4, -0.2) is 12.2 Å². The SMILES string of the molecule is C[B]Cc1ccc([N+](=O)[O-])cc1. The van der Waals surface area contributed by atoms with Gasteiger partial charge in [-0.1, -0.05) is 30.8 Å². The highest BCUT2D eigenvalue weighted by molar-refractivity contribution is 6.32. The quantitative estimate of drug-likeness (QED) is 0.386. The molecule has 0 aliphatic heterocycles. The Morgan fingerprint density at radius 1 is 1.42 bits per heavy atom. The molecule has 61 valence electrons. The maximum atomic E-state index is 10.3. The van der Waals surface area contributed by atoms with E-state index >= 15 is 0 Å². The summed E-state index contributed by atoms with van der Waals surface area (Å²) in [5.74, 6) is 0. The van der Waals surface area contributed by atoms with E-state index in [1.807, 2.05) is 14.1 Å². The van der Waals surface area contributed by atoms with Crippen molar-refractivity contribution in [2.45, 2.75) is 13.1 Å². The van der Waals surface area contributed by atoms with E-state index in [9.17, 15) is 10.1 Å². The van der Waals surface area contributed by atoms with Crippen molar-refractivity contribution in [2.24, 2.45) is 0 Å². The van der Waals surface area contributed by atoms with Gasteiger partial charge in [-0.15, -0.1) is 0 Å². The second kappa shape index (κ2) is 3.90. The predicted molar refractivity (Wildman–Crippen MR) is 48.4 cm³/mol. The summed E-state index contributed by atoms with van der Waals surface area (Å²) in [6.07, 6.45) is 0.859. The molecule has 1 aromatic rings. The zero-order valence-electron chi connectivity index (χ0n) is 6.86. The number of nitrogens with zero attached hydrogens (tertiary/aromatic N) is 1. The second-order valence-corrected chi connectivity index (χ2v) is 2.54. The lowest BCUT2D eigenvalue weighted by atomic mass is 9.75. The summed E-state index contributed by atoms with van der Waals surface area (Å²) >= 11 is 0. The summed E-state index contributed by atoms with van der Waals surface area (Å²) in [5, 5.41) is 10.3. The first-order chi connectivity index (χ1) is 5.74. The van der Waals surface area contributed by atoms with Crippen LogP contribution in [0.25, 0.3) is 0 Å². The van der Waals surface area contributed by atoms with Gasteiger partial charge in [0.2, 0.25) is 0 Å². The number of nitro benzene ring substituents is 1. The number of benzene rings is 1. The number of hydrogen-bond acceptors (Lipinski definition) is 2. The minimum Gasteiger partial charge on any atom is -0.258 e. The van der Waals surface area contributed by atoms with Gasteiger partial charge in [-0.25, -0.2) is 0 Å². The molecule has 12 heavy (non-hydrogen) atoms. The van der Waals surface area contributed by atoms with E-state index in [1.54, 1.807) is 12.1 Å². The summed E-state index contributed by atoms with van der Waals surface area (Å²) in [5.41, 5.74) is 1.25. The van der Waals surface area contributed by atoms with Crippen LogP contribution < -0.4 is 0 Å². The summed E-state index contributed by atoms with van der Waals surface area (Å²) in [4.78, 5) is 9.88. The summed E-state index contributed by atoms with van der Waals surface area (Å²) in [7, 11) is 2.02. The zero-order valence-corrected chi connectivity index (χ0v) is 6.86. The molecule has 0 saturated heterocycles. The average molecular weight is 162 g/mol. The Balaban J connectivity index is 2.78. The Morgan fingerprint density at radius 3 is 2.42 bits per heavy atom. The third kappa shape index (κ3) is 2.08. The molecule has 1 rings (SSSR count). The van der Waals surface area contributed by atoms with Gasteiger partial charge in [-0.3, -0.25) is 10.1 Å². The van der Waals surface area contributed by atoms with Crippen LogP contribution in [0.15, 0.2) is 24.3 Å². The Morgan fingerprint density at radius 2 is 2.00 bits per heavy atom. The number of non-ortho nitro benzene ring substituents is 1. The molecule has 0 aromatic heterocycles. The van der Waals surface area contributed by atoms with E-state index in [2.05, 4.69) is 0 Å². The largest absolute Gasteiger partial charge is 0.269 e. The Labute approximate surface area is 71.8 Å². The molecule has 1 radical (unpaired) electrons. The minimum absolute atomic E-state index is 0.148. The van der Waals surface area contributed by atoms with E-state index in [-0.39, 0.29) is 10.6 Å². The lowest BCUT2D eigenvalue weighted by Crippen LogP contribution is -1.92. The smallest absolute Gasteiger partial charge is 0.258 e. The minimum atomic E-state index is -0.389. The van der Waals surface area contributed by atoms with E-state index in [4.69, 9.17) is 0 Å². The van der Waals surface area contributed by atoms with Gasteiger partial charge in [0.25, 0.3) is 5.69 Å². The van der Waals surface area contributed by atoms with Crippen molar-refractivity contribution >= 4 is 13.0 Å². The van der Waals surface area contributed by atoms with Crippen molar-refractivity contribution in [3.05, 3.63) is 39.9 Å². The number of hydrogen-bond donors (Lipinski definition) is 0. The predicted octanol–water partition coefficient (Wildman–Crippen LogP) is 1.85. The highest BCUT2D eigenvalue weighted by atomic mass is 16.6. The van der Waals surface area contributed by atoms with E-state index < -0.39 is 0 Å². The maximum Gasteiger partial charge on any atom is 0.269 e. The van der Waals surface area contributed by atoms with Gasteiger partial charge < -0.3 is 0 Å². The molecule has 1 aromatic carbocycles. The molecule has 0 aliphatic rings. The Hall–Kier alpha value is -1.32. The summed E-state index contributed by atoms with van der Waals surface area (Å²) in [6, 6.07) is 6.61. The first-order valence-electron chi connectivity index (χ1n) is 3.75. The first kappa shape index (κ1) is 8.78. The third-order valence-corrected chi connectivity index (χ3v) is 1.59. The lowest BCUT2D eigenvalue weighted by Gasteiger charge is -1.95. The number of rotatable bonds is 3. The summed E-state index contributed by atoms with van der Waals surface area (Å²) in [6.45, 7) is 1.96. The third-order valence-electron chi connectivity index (χ3n) is 1.59. The van der Waals surface area contributed by atoms with E-state index in [0.717, 1.165) is 11.9 Å². The van der Waals surface area contributed by atoms with Gasteiger partial charge in [0, 0.05) is 12.1 Å². The topological polar surface area (TPSA) is 43.1 Å². The van der Waals surface area contributed by atoms with Gasteiger partial charge in [0.05, 0.1) is 4.92 Å². The van der Waals surface area contributed by atoms with Crippen LogP contribution >= 0.6 is 0 Å². The molecular formula is C8H9BNO2. The van der Waals surface area contributed by atoms with Crippen LogP contribution in [0.4, 0.5) is 5.69 Å². The van der Waals surface area contributed by atoms with Crippen molar-refractivity contribution < 1.29 is 4.92 Å². The van der Waals surface area contributed by atoms with Crippen LogP contribution in [0.2, 0.25) is 6.82 Å². The van der Waals surface area contributed by atoms with Gasteiger partial charge in [-0.2, -0.15) is 0 Å². The number of nitro groups is 1. The molecule has 0 fully saturated rings. The van der Waals surface area contributed by atoms with Crippen LogP contribution in [0.1, 0.15) is 5.56 Å². The van der Waals surface area contributed by atoms with Gasteiger partial charge >= 0.3 is 0 Å². The molecule has 0 aliphatic carbocycles. The fraction of sp³-hybridized carbons (Fsp3) is 0.250. The maximum absolute atomic E-state index is 10.3. The van der Waals surface area contributed by atoms with Gasteiger partial charge in [0.15, 0.2) is 0 Å². The monoisotopic (exact) mass is 162 g/mol. The second-order valence-electron chi connectivity index (χ2n) is 2.54. The molecule has 0 spiro atoms. The van der Waals surface area contributed by atoms with Crippen molar-refractivity contribution in [2.75, 3.05) is 0 Å². The molecule has 0 bridgehead atoms. The highest BCUT2D eigenvalue weighted by Gasteiger charge is 2.02. The molecule has 0 heterocycles. The van der Waals surface area contributed by atoms with E-state index in [1.165, 1.54) is 12.1 Å². The fourth-order valence-corrected chi connectivity index (χ4v) is 0.989. The van der Waals surface area contributed by atoms with Gasteiger partial charge in [0.1, 0.15) is 7.28 Å². The highest BCUT2D eigenvalue weighted by Crippen LogP contribution is 2.11. The molecule has 0 atom stereocenters. The molecule has 3 nitrogen and oxygen atoms in total. The van der Waals surface area contributed by atoms with Crippen molar-refractivity contribution in [3.63, 3.8) is 0 Å². The van der Waals surface area contributed by atoms with Crippen LogP contribution in [0.3, 0.4) is 0 Å². The van der Waals surface area contributed by atoms with Gasteiger partial charge in [-0.05, 0) is 0 Å². The average Bonchev–Trinajstić information content (AvgIpc) is 2.06. The van der Waals surface area contributed by atoms with E-state index in [0.29, 0.717) is 0 Å². The van der Waals surface area contributed by atoms with Crippen LogP contribution in [0, 0.1) is 10.1 Å². The standard InChI is InChI=1S/C8H9BNO2/c1-9-6-7-2-4-8(5-3-7)10(11)12/h2-5H,6H2,1H3. The molecule has 0 saturated carbocycles. The molecular weight excluding hydrogens is 153 g/mol. The molecule has 0 unspecified atom stereocenters. The summed E-state index contributed by atoms with van der Waals surface area (Å²) < 4.78 is 0. The van der Waals surface area contributed by atoms with Crippen LogP contribution in [0.5, 0.6) is 0 Å². The van der Waals surface area contributed by atoms with Crippen molar-refractivity contribution in [1.82, 2.24) is 0 Å². The zero-order chi connectivity index (χ0) is 8.97. The first-order valence-corrected chi connectivity index (χ1v) is 3.75. The molecule has 0 amide bonds. The van der Waals surface area contributed by atoms with Crippen molar-refractivity contribution in [1.29, 1.82) is 0 Å². The normalized spacial score (nSPS) is 9.42. The van der Waals surface area contributed by atoms with Crippen molar-refractivity contribution in [3.8, 4) is 0 Å². The Bertz CT molecular complexity index is 271.